The van der Waals surface area contributed by atoms with Gasteiger partial charge >= 0.3 is 0 Å². The van der Waals surface area contributed by atoms with Crippen LogP contribution in [0.25, 0.3) is 0 Å². The smallest absolute Gasteiger partial charge is 0.225 e. The zero-order valence-electron chi connectivity index (χ0n) is 11.0. The Kier molecular flexibility index (Phi) is 4.76. The molecular weight excluding hydrogens is 266 g/mol. The molecule has 0 unspecified atom stereocenters. The number of aromatic nitrogens is 2. The number of hydrogen-bond acceptors (Lipinski definition) is 5. The molecule has 2 aromatic heterocycles. The fourth-order valence-electron chi connectivity index (χ4n) is 1.68. The maximum absolute atomic E-state index is 5.80. The highest BCUT2D eigenvalue weighted by Crippen LogP contribution is 2.15. The molecule has 2 rings (SSSR count). The van der Waals surface area contributed by atoms with Crippen LogP contribution in [-0.2, 0) is 11.3 Å². The number of ether oxygens (including phenoxy) is 1. The summed E-state index contributed by atoms with van der Waals surface area (Å²) in [4.78, 5) is 10.4. The number of furan rings is 1. The highest BCUT2D eigenvalue weighted by molar-refractivity contribution is 6.30. The van der Waals surface area contributed by atoms with Gasteiger partial charge in [0.15, 0.2) is 0 Å². The van der Waals surface area contributed by atoms with Crippen molar-refractivity contribution in [2.24, 2.45) is 0 Å². The first-order valence-electron chi connectivity index (χ1n) is 5.96. The van der Waals surface area contributed by atoms with E-state index in [-0.39, 0.29) is 0 Å². The second kappa shape index (κ2) is 6.54. The van der Waals surface area contributed by atoms with Crippen molar-refractivity contribution in [3.05, 3.63) is 41.1 Å². The fourth-order valence-corrected chi connectivity index (χ4v) is 1.78. The molecule has 102 valence electrons. The SMILES string of the molecule is COCCN(Cc1ccc(C)o1)c1ncc(Cl)cn1. The van der Waals surface area contributed by atoms with E-state index in [1.807, 2.05) is 24.0 Å². The molecule has 0 amide bonds. The topological polar surface area (TPSA) is 51.4 Å². The van der Waals surface area contributed by atoms with E-state index in [1.54, 1.807) is 19.5 Å². The second-order valence-electron chi connectivity index (χ2n) is 4.13. The van der Waals surface area contributed by atoms with E-state index in [9.17, 15) is 0 Å². The zero-order valence-corrected chi connectivity index (χ0v) is 11.7. The Bertz CT molecular complexity index is 513. The van der Waals surface area contributed by atoms with Crippen LogP contribution in [0.4, 0.5) is 5.95 Å². The first kappa shape index (κ1) is 13.8. The standard InChI is InChI=1S/C13H16ClN3O2/c1-10-3-4-12(19-10)9-17(5-6-18-2)13-15-7-11(14)8-16-13/h3-4,7-8H,5-6,9H2,1-2H3. The first-order valence-corrected chi connectivity index (χ1v) is 6.33. The molecule has 0 radical (unpaired) electrons. The van der Waals surface area contributed by atoms with Gasteiger partial charge in [-0.15, -0.1) is 0 Å². The van der Waals surface area contributed by atoms with Crippen LogP contribution in [0.3, 0.4) is 0 Å². The van der Waals surface area contributed by atoms with Crippen LogP contribution in [0.15, 0.2) is 28.9 Å². The average Bonchev–Trinajstić information content (AvgIpc) is 2.81. The van der Waals surface area contributed by atoms with E-state index in [4.69, 9.17) is 20.8 Å². The van der Waals surface area contributed by atoms with Gasteiger partial charge in [0.1, 0.15) is 11.5 Å². The molecule has 0 aromatic carbocycles. The van der Waals surface area contributed by atoms with Crippen molar-refractivity contribution in [3.63, 3.8) is 0 Å². The zero-order chi connectivity index (χ0) is 13.7. The minimum atomic E-state index is 0.518. The van der Waals surface area contributed by atoms with E-state index in [0.29, 0.717) is 30.7 Å². The second-order valence-corrected chi connectivity index (χ2v) is 4.56. The number of aryl methyl sites for hydroxylation is 1. The van der Waals surface area contributed by atoms with Crippen molar-refractivity contribution in [1.29, 1.82) is 0 Å². The number of methoxy groups -OCH3 is 1. The Labute approximate surface area is 117 Å². The van der Waals surface area contributed by atoms with Gasteiger partial charge in [0.2, 0.25) is 5.95 Å². The molecule has 2 heterocycles. The molecule has 0 spiro atoms. The molecule has 0 bridgehead atoms. The molecule has 0 N–H and O–H groups in total. The van der Waals surface area contributed by atoms with Crippen molar-refractivity contribution >= 4 is 17.5 Å². The van der Waals surface area contributed by atoms with Crippen molar-refractivity contribution in [3.8, 4) is 0 Å². The van der Waals surface area contributed by atoms with Crippen LogP contribution < -0.4 is 4.90 Å². The van der Waals surface area contributed by atoms with Gasteiger partial charge in [0, 0.05) is 13.7 Å². The van der Waals surface area contributed by atoms with Crippen LogP contribution in [0.5, 0.6) is 0 Å². The first-order chi connectivity index (χ1) is 9.19. The molecule has 2 aromatic rings. The molecule has 0 aliphatic carbocycles. The van der Waals surface area contributed by atoms with Crippen molar-refractivity contribution in [2.45, 2.75) is 13.5 Å². The highest BCUT2D eigenvalue weighted by atomic mass is 35.5. The Morgan fingerprint density at radius 3 is 2.63 bits per heavy atom. The summed E-state index contributed by atoms with van der Waals surface area (Å²) >= 11 is 5.80. The van der Waals surface area contributed by atoms with Crippen LogP contribution >= 0.6 is 11.6 Å². The van der Waals surface area contributed by atoms with E-state index in [1.165, 1.54) is 0 Å². The van der Waals surface area contributed by atoms with Gasteiger partial charge in [0.25, 0.3) is 0 Å². The lowest BCUT2D eigenvalue weighted by Gasteiger charge is -2.20. The average molecular weight is 282 g/mol. The van der Waals surface area contributed by atoms with Crippen molar-refractivity contribution in [1.82, 2.24) is 9.97 Å². The van der Waals surface area contributed by atoms with Gasteiger partial charge in [-0.25, -0.2) is 9.97 Å². The molecule has 0 aliphatic heterocycles. The summed E-state index contributed by atoms with van der Waals surface area (Å²) in [5.41, 5.74) is 0. The summed E-state index contributed by atoms with van der Waals surface area (Å²) < 4.78 is 10.7. The van der Waals surface area contributed by atoms with Crippen LogP contribution in [0.1, 0.15) is 11.5 Å². The van der Waals surface area contributed by atoms with Gasteiger partial charge in [-0.1, -0.05) is 11.6 Å². The third kappa shape index (κ3) is 3.94. The molecule has 6 heteroatoms. The Morgan fingerprint density at radius 2 is 2.05 bits per heavy atom. The number of rotatable bonds is 6. The van der Waals surface area contributed by atoms with Crippen LogP contribution in [-0.4, -0.2) is 30.2 Å². The van der Waals surface area contributed by atoms with Gasteiger partial charge < -0.3 is 14.1 Å². The summed E-state index contributed by atoms with van der Waals surface area (Å²) in [6, 6.07) is 3.89. The Hall–Kier alpha value is -1.59. The molecule has 0 atom stereocenters. The molecule has 19 heavy (non-hydrogen) atoms. The number of halogens is 1. The third-order valence-electron chi connectivity index (χ3n) is 2.60. The molecule has 0 fully saturated rings. The largest absolute Gasteiger partial charge is 0.464 e. The fraction of sp³-hybridized carbons (Fsp3) is 0.385. The molecule has 0 saturated carbocycles. The molecule has 0 aliphatic rings. The van der Waals surface area contributed by atoms with Crippen molar-refractivity contribution < 1.29 is 9.15 Å². The minimum absolute atomic E-state index is 0.518. The lowest BCUT2D eigenvalue weighted by Crippen LogP contribution is -2.28. The van der Waals surface area contributed by atoms with Gasteiger partial charge in [-0.05, 0) is 19.1 Å². The molecule has 5 nitrogen and oxygen atoms in total. The van der Waals surface area contributed by atoms with E-state index < -0.39 is 0 Å². The van der Waals surface area contributed by atoms with Gasteiger partial charge in [-0.3, -0.25) is 0 Å². The molecular formula is C13H16ClN3O2. The lowest BCUT2D eigenvalue weighted by molar-refractivity contribution is 0.204. The minimum Gasteiger partial charge on any atom is -0.464 e. The highest BCUT2D eigenvalue weighted by Gasteiger charge is 2.12. The summed E-state index contributed by atoms with van der Waals surface area (Å²) in [6.45, 7) is 3.78. The van der Waals surface area contributed by atoms with E-state index >= 15 is 0 Å². The Morgan fingerprint density at radius 1 is 1.32 bits per heavy atom. The normalized spacial score (nSPS) is 10.7. The van der Waals surface area contributed by atoms with Crippen LogP contribution in [0.2, 0.25) is 5.02 Å². The maximum atomic E-state index is 5.80. The maximum Gasteiger partial charge on any atom is 0.225 e. The summed E-state index contributed by atoms with van der Waals surface area (Å²) in [5, 5.41) is 0.518. The van der Waals surface area contributed by atoms with Crippen molar-refractivity contribution in [2.75, 3.05) is 25.2 Å². The lowest BCUT2D eigenvalue weighted by atomic mass is 10.4. The van der Waals surface area contributed by atoms with Crippen LogP contribution in [0, 0.1) is 6.92 Å². The van der Waals surface area contributed by atoms with Gasteiger partial charge in [-0.2, -0.15) is 0 Å². The number of nitrogens with zero attached hydrogens (tertiary/aromatic N) is 3. The van der Waals surface area contributed by atoms with E-state index in [2.05, 4.69) is 9.97 Å². The summed E-state index contributed by atoms with van der Waals surface area (Å²) in [6.07, 6.45) is 3.16. The predicted octanol–water partition coefficient (Wildman–Crippen LogP) is 2.68. The summed E-state index contributed by atoms with van der Waals surface area (Å²) in [5.74, 6) is 2.36. The van der Waals surface area contributed by atoms with E-state index in [0.717, 1.165) is 11.5 Å². The summed E-state index contributed by atoms with van der Waals surface area (Å²) in [7, 11) is 1.66. The quantitative estimate of drug-likeness (QED) is 0.815. The van der Waals surface area contributed by atoms with Gasteiger partial charge in [0.05, 0.1) is 30.6 Å². The predicted molar refractivity (Wildman–Crippen MR) is 73.4 cm³/mol. The molecule has 0 saturated heterocycles. The number of hydrogen-bond donors (Lipinski definition) is 0. The monoisotopic (exact) mass is 281 g/mol. The number of anilines is 1. The third-order valence-corrected chi connectivity index (χ3v) is 2.79. The Balaban J connectivity index is 2.13.